The highest BCUT2D eigenvalue weighted by Crippen LogP contribution is 2.14. The van der Waals surface area contributed by atoms with Gasteiger partial charge in [-0.1, -0.05) is 23.7 Å². The lowest BCUT2D eigenvalue weighted by Crippen LogP contribution is -2.48. The van der Waals surface area contributed by atoms with E-state index in [1.54, 1.807) is 0 Å². The van der Waals surface area contributed by atoms with Crippen molar-refractivity contribution < 1.29 is 9.59 Å². The first kappa shape index (κ1) is 20.7. The zero-order valence-corrected chi connectivity index (χ0v) is 16.7. The first-order valence-electron chi connectivity index (χ1n) is 9.55. The summed E-state index contributed by atoms with van der Waals surface area (Å²) in [6, 6.07) is 7.92. The summed E-state index contributed by atoms with van der Waals surface area (Å²) in [5.74, 6) is 0.314. The van der Waals surface area contributed by atoms with Crippen molar-refractivity contribution in [3.8, 4) is 0 Å². The molecule has 1 aromatic carbocycles. The van der Waals surface area contributed by atoms with E-state index in [0.29, 0.717) is 19.3 Å². The zero-order valence-electron chi connectivity index (χ0n) is 15.9. The smallest absolute Gasteiger partial charge is 0.222 e. The summed E-state index contributed by atoms with van der Waals surface area (Å²) >= 11 is 6.04. The molecule has 0 aromatic heterocycles. The van der Waals surface area contributed by atoms with Crippen molar-refractivity contribution in [2.45, 2.75) is 39.7 Å². The van der Waals surface area contributed by atoms with Gasteiger partial charge in [-0.15, -0.1) is 0 Å². The average molecular weight is 380 g/mol. The summed E-state index contributed by atoms with van der Waals surface area (Å²) in [5.41, 5.74) is 1.20. The van der Waals surface area contributed by atoms with Gasteiger partial charge in [-0.25, -0.2) is 0 Å². The number of rotatable bonds is 8. The van der Waals surface area contributed by atoms with Crippen LogP contribution in [0.15, 0.2) is 24.3 Å². The fraction of sp³-hybridized carbons (Fsp3) is 0.600. The van der Waals surface area contributed by atoms with Crippen LogP contribution in [0.1, 0.15) is 38.7 Å². The number of hydrogen-bond donors (Lipinski definition) is 0. The van der Waals surface area contributed by atoms with Crippen LogP contribution in [0.2, 0.25) is 5.02 Å². The Balaban J connectivity index is 1.68. The molecule has 1 heterocycles. The van der Waals surface area contributed by atoms with Crippen LogP contribution >= 0.6 is 11.6 Å². The molecule has 26 heavy (non-hydrogen) atoms. The number of nitrogens with zero attached hydrogens (tertiary/aromatic N) is 3. The van der Waals surface area contributed by atoms with E-state index in [9.17, 15) is 9.59 Å². The lowest BCUT2D eigenvalue weighted by molar-refractivity contribution is -0.133. The van der Waals surface area contributed by atoms with E-state index in [0.717, 1.165) is 50.8 Å². The number of carbonyl (C=O) groups excluding carboxylic acids is 2. The van der Waals surface area contributed by atoms with Crippen LogP contribution in [0.4, 0.5) is 0 Å². The van der Waals surface area contributed by atoms with Gasteiger partial charge in [-0.3, -0.25) is 14.5 Å². The number of amides is 2. The molecule has 0 atom stereocenters. The zero-order chi connectivity index (χ0) is 18.9. The number of carbonyl (C=O) groups is 2. The Labute approximate surface area is 161 Å². The molecule has 144 valence electrons. The van der Waals surface area contributed by atoms with Gasteiger partial charge in [0, 0.05) is 63.7 Å². The summed E-state index contributed by atoms with van der Waals surface area (Å²) in [5, 5.41) is 0.760. The lowest BCUT2D eigenvalue weighted by atomic mass is 10.1. The predicted molar refractivity (Wildman–Crippen MR) is 105 cm³/mol. The van der Waals surface area contributed by atoms with E-state index in [2.05, 4.69) is 11.0 Å². The molecule has 1 fully saturated rings. The summed E-state index contributed by atoms with van der Waals surface area (Å²) in [6.45, 7) is 9.54. The van der Waals surface area contributed by atoms with Gasteiger partial charge in [-0.05, 0) is 38.0 Å². The molecule has 0 radical (unpaired) electrons. The van der Waals surface area contributed by atoms with Crippen LogP contribution in [0, 0.1) is 0 Å². The highest BCUT2D eigenvalue weighted by Gasteiger charge is 2.21. The standard InChI is InChI=1S/C20H30ClN3O2/c1-3-23(4-2)19(25)9-6-10-20(26)24-13-11-22(12-14-24)16-17-7-5-8-18(21)15-17/h5,7-8,15H,3-4,6,9-14,16H2,1-2H3. The SMILES string of the molecule is CCN(CC)C(=O)CCCC(=O)N1CCN(Cc2cccc(Cl)c2)CC1. The maximum atomic E-state index is 12.4. The predicted octanol–water partition coefficient (Wildman–Crippen LogP) is 3.02. The summed E-state index contributed by atoms with van der Waals surface area (Å²) in [6.07, 6.45) is 1.56. The van der Waals surface area contributed by atoms with E-state index in [1.807, 2.05) is 41.8 Å². The molecule has 0 spiro atoms. The Morgan fingerprint density at radius 1 is 1.08 bits per heavy atom. The minimum Gasteiger partial charge on any atom is -0.343 e. The number of hydrogen-bond acceptors (Lipinski definition) is 3. The third-order valence-electron chi connectivity index (χ3n) is 4.92. The Morgan fingerprint density at radius 3 is 2.38 bits per heavy atom. The van der Waals surface area contributed by atoms with Crippen LogP contribution in [0.25, 0.3) is 0 Å². The molecular formula is C20H30ClN3O2. The molecule has 0 saturated carbocycles. The summed E-state index contributed by atoms with van der Waals surface area (Å²) < 4.78 is 0. The second-order valence-corrected chi connectivity index (χ2v) is 7.14. The number of piperazine rings is 1. The van der Waals surface area contributed by atoms with Gasteiger partial charge in [0.2, 0.25) is 11.8 Å². The molecule has 1 saturated heterocycles. The molecule has 6 heteroatoms. The largest absolute Gasteiger partial charge is 0.343 e. The Kier molecular flexibility index (Phi) is 8.39. The monoisotopic (exact) mass is 379 g/mol. The third-order valence-corrected chi connectivity index (χ3v) is 5.15. The quantitative estimate of drug-likeness (QED) is 0.697. The molecule has 2 rings (SSSR count). The number of halogens is 1. The van der Waals surface area contributed by atoms with E-state index < -0.39 is 0 Å². The van der Waals surface area contributed by atoms with Gasteiger partial charge < -0.3 is 9.80 Å². The van der Waals surface area contributed by atoms with Gasteiger partial charge in [0.1, 0.15) is 0 Å². The lowest BCUT2D eigenvalue weighted by Gasteiger charge is -2.35. The molecule has 1 aliphatic rings. The number of benzene rings is 1. The van der Waals surface area contributed by atoms with Crippen molar-refractivity contribution in [2.75, 3.05) is 39.3 Å². The van der Waals surface area contributed by atoms with Crippen molar-refractivity contribution in [2.24, 2.45) is 0 Å². The molecule has 1 aliphatic heterocycles. The molecule has 1 aromatic rings. The molecule has 2 amide bonds. The molecule has 0 bridgehead atoms. The van der Waals surface area contributed by atoms with Crippen LogP contribution in [0.3, 0.4) is 0 Å². The van der Waals surface area contributed by atoms with Gasteiger partial charge in [0.05, 0.1) is 0 Å². The van der Waals surface area contributed by atoms with Crippen LogP contribution < -0.4 is 0 Å². The molecule has 0 aliphatic carbocycles. The van der Waals surface area contributed by atoms with E-state index >= 15 is 0 Å². The van der Waals surface area contributed by atoms with Gasteiger partial charge >= 0.3 is 0 Å². The third kappa shape index (κ3) is 6.29. The van der Waals surface area contributed by atoms with Crippen molar-refractivity contribution in [3.63, 3.8) is 0 Å². The fourth-order valence-electron chi connectivity index (χ4n) is 3.33. The van der Waals surface area contributed by atoms with Gasteiger partial charge in [0.25, 0.3) is 0 Å². The van der Waals surface area contributed by atoms with Gasteiger partial charge in [-0.2, -0.15) is 0 Å². The van der Waals surface area contributed by atoms with Crippen LogP contribution in [0.5, 0.6) is 0 Å². The van der Waals surface area contributed by atoms with Crippen molar-refractivity contribution in [1.82, 2.24) is 14.7 Å². The molecule has 5 nitrogen and oxygen atoms in total. The highest BCUT2D eigenvalue weighted by atomic mass is 35.5. The first-order chi connectivity index (χ1) is 12.5. The second-order valence-electron chi connectivity index (χ2n) is 6.71. The normalized spacial score (nSPS) is 15.1. The summed E-state index contributed by atoms with van der Waals surface area (Å²) in [4.78, 5) is 30.4. The minimum absolute atomic E-state index is 0.147. The maximum Gasteiger partial charge on any atom is 0.222 e. The van der Waals surface area contributed by atoms with Crippen molar-refractivity contribution in [3.05, 3.63) is 34.9 Å². The highest BCUT2D eigenvalue weighted by molar-refractivity contribution is 6.30. The fourth-order valence-corrected chi connectivity index (χ4v) is 3.55. The van der Waals surface area contributed by atoms with Crippen LogP contribution in [-0.4, -0.2) is 65.8 Å². The Morgan fingerprint density at radius 2 is 1.77 bits per heavy atom. The average Bonchev–Trinajstić information content (AvgIpc) is 2.63. The van der Waals surface area contributed by atoms with E-state index in [-0.39, 0.29) is 11.8 Å². The van der Waals surface area contributed by atoms with Crippen molar-refractivity contribution in [1.29, 1.82) is 0 Å². The molecular weight excluding hydrogens is 350 g/mol. The van der Waals surface area contributed by atoms with Gasteiger partial charge in [0.15, 0.2) is 0 Å². The molecule has 0 unspecified atom stereocenters. The molecule has 0 N–H and O–H groups in total. The van der Waals surface area contributed by atoms with Crippen molar-refractivity contribution >= 4 is 23.4 Å². The summed E-state index contributed by atoms with van der Waals surface area (Å²) in [7, 11) is 0. The first-order valence-corrected chi connectivity index (χ1v) is 9.93. The van der Waals surface area contributed by atoms with Crippen LogP contribution in [-0.2, 0) is 16.1 Å². The van der Waals surface area contributed by atoms with E-state index in [4.69, 9.17) is 11.6 Å². The topological polar surface area (TPSA) is 43.9 Å². The Bertz CT molecular complexity index is 596. The Hall–Kier alpha value is -1.59. The second kappa shape index (κ2) is 10.5. The maximum absolute atomic E-state index is 12.4. The van der Waals surface area contributed by atoms with E-state index in [1.165, 1.54) is 5.56 Å². The minimum atomic E-state index is 0.147.